The fraction of sp³-hybridized carbons (Fsp3) is 0.923. The molecule has 0 spiro atoms. The molecule has 2 bridgehead atoms. The zero-order valence-corrected chi connectivity index (χ0v) is 9.45. The Labute approximate surface area is 92.0 Å². The second kappa shape index (κ2) is 3.80. The summed E-state index contributed by atoms with van der Waals surface area (Å²) in [5.41, 5.74) is 0. The first-order chi connectivity index (χ1) is 7.34. The topological polar surface area (TPSA) is 20.3 Å². The maximum Gasteiger partial charge on any atom is 0.225 e. The van der Waals surface area contributed by atoms with Crippen molar-refractivity contribution in [2.24, 2.45) is 17.8 Å². The van der Waals surface area contributed by atoms with Crippen LogP contribution in [-0.4, -0.2) is 23.9 Å². The third-order valence-corrected chi connectivity index (χ3v) is 4.72. The molecule has 2 aliphatic carbocycles. The Kier molecular flexibility index (Phi) is 2.45. The quantitative estimate of drug-likeness (QED) is 0.646. The van der Waals surface area contributed by atoms with Crippen molar-refractivity contribution in [3.63, 3.8) is 0 Å². The molecule has 1 saturated heterocycles. The van der Waals surface area contributed by atoms with Crippen LogP contribution in [0.15, 0.2) is 0 Å². The van der Waals surface area contributed by atoms with Gasteiger partial charge in [-0.2, -0.15) is 0 Å². The number of nitrogens with zero attached hydrogens (tertiary/aromatic N) is 1. The average molecular weight is 207 g/mol. The molecule has 2 saturated carbocycles. The molecule has 0 aromatic heterocycles. The second-order valence-corrected chi connectivity index (χ2v) is 5.67. The molecular weight excluding hydrogens is 186 g/mol. The van der Waals surface area contributed by atoms with E-state index in [4.69, 9.17) is 0 Å². The van der Waals surface area contributed by atoms with Gasteiger partial charge in [-0.3, -0.25) is 4.79 Å². The van der Waals surface area contributed by atoms with Crippen LogP contribution in [0.4, 0.5) is 0 Å². The Morgan fingerprint density at radius 3 is 2.40 bits per heavy atom. The molecule has 0 radical (unpaired) electrons. The molecule has 2 nitrogen and oxygen atoms in total. The first-order valence-corrected chi connectivity index (χ1v) is 6.63. The summed E-state index contributed by atoms with van der Waals surface area (Å²) >= 11 is 0. The summed E-state index contributed by atoms with van der Waals surface area (Å²) in [6, 6.07) is 0. The van der Waals surface area contributed by atoms with Crippen molar-refractivity contribution in [2.75, 3.05) is 13.1 Å². The first kappa shape index (κ1) is 9.68. The molecule has 84 valence electrons. The molecule has 2 heteroatoms. The van der Waals surface area contributed by atoms with Gasteiger partial charge in [0.15, 0.2) is 0 Å². The highest BCUT2D eigenvalue weighted by Crippen LogP contribution is 2.48. The lowest BCUT2D eigenvalue weighted by Gasteiger charge is -2.32. The van der Waals surface area contributed by atoms with Gasteiger partial charge in [-0.1, -0.05) is 6.42 Å². The lowest BCUT2D eigenvalue weighted by molar-refractivity contribution is -0.138. The van der Waals surface area contributed by atoms with Crippen LogP contribution in [0.25, 0.3) is 0 Å². The molecule has 15 heavy (non-hydrogen) atoms. The molecule has 3 aliphatic rings. The summed E-state index contributed by atoms with van der Waals surface area (Å²) in [7, 11) is 0. The minimum Gasteiger partial charge on any atom is -0.342 e. The van der Waals surface area contributed by atoms with Crippen molar-refractivity contribution in [1.29, 1.82) is 0 Å². The van der Waals surface area contributed by atoms with Crippen LogP contribution in [0.3, 0.4) is 0 Å². The van der Waals surface area contributed by atoms with Crippen molar-refractivity contribution in [3.8, 4) is 0 Å². The van der Waals surface area contributed by atoms with Crippen molar-refractivity contribution in [2.45, 2.75) is 44.9 Å². The van der Waals surface area contributed by atoms with Gasteiger partial charge in [0.1, 0.15) is 0 Å². The summed E-state index contributed by atoms with van der Waals surface area (Å²) in [4.78, 5) is 14.5. The highest BCUT2D eigenvalue weighted by molar-refractivity contribution is 5.79. The Bertz CT molecular complexity index is 257. The van der Waals surface area contributed by atoms with Crippen LogP contribution in [0.1, 0.15) is 44.9 Å². The lowest BCUT2D eigenvalue weighted by atomic mass is 9.87. The molecule has 3 rings (SSSR count). The number of amides is 1. The van der Waals surface area contributed by atoms with Gasteiger partial charge in [0.25, 0.3) is 0 Å². The van der Waals surface area contributed by atoms with E-state index < -0.39 is 0 Å². The average Bonchev–Trinajstić information content (AvgIpc) is 2.91. The van der Waals surface area contributed by atoms with E-state index in [1.165, 1.54) is 44.9 Å². The Balaban J connectivity index is 1.64. The number of hydrogen-bond donors (Lipinski definition) is 0. The maximum absolute atomic E-state index is 12.3. The molecule has 3 fully saturated rings. The normalized spacial score (nSPS) is 39.7. The molecule has 3 atom stereocenters. The van der Waals surface area contributed by atoms with Gasteiger partial charge < -0.3 is 4.90 Å². The van der Waals surface area contributed by atoms with Crippen molar-refractivity contribution in [1.82, 2.24) is 4.90 Å². The molecular formula is C13H21NO. The van der Waals surface area contributed by atoms with Crippen LogP contribution < -0.4 is 0 Å². The minimum absolute atomic E-state index is 0.418. The fourth-order valence-corrected chi connectivity index (χ4v) is 3.90. The molecule has 0 unspecified atom stereocenters. The number of carbonyl (C=O) groups is 1. The predicted octanol–water partition coefficient (Wildman–Crippen LogP) is 2.44. The van der Waals surface area contributed by atoms with Crippen molar-refractivity contribution >= 4 is 5.91 Å². The molecule has 1 heterocycles. The van der Waals surface area contributed by atoms with Crippen LogP contribution in [0.2, 0.25) is 0 Å². The number of hydrogen-bond acceptors (Lipinski definition) is 1. The van der Waals surface area contributed by atoms with Crippen LogP contribution >= 0.6 is 0 Å². The fourth-order valence-electron chi connectivity index (χ4n) is 3.90. The lowest BCUT2D eigenvalue weighted by Crippen LogP contribution is -2.41. The van der Waals surface area contributed by atoms with E-state index in [1.54, 1.807) is 0 Å². The third-order valence-electron chi connectivity index (χ3n) is 4.72. The van der Waals surface area contributed by atoms with E-state index >= 15 is 0 Å². The van der Waals surface area contributed by atoms with Gasteiger partial charge in [0.2, 0.25) is 5.91 Å². The van der Waals surface area contributed by atoms with Crippen LogP contribution in [0.5, 0.6) is 0 Å². The zero-order chi connectivity index (χ0) is 10.3. The van der Waals surface area contributed by atoms with Gasteiger partial charge >= 0.3 is 0 Å². The van der Waals surface area contributed by atoms with Gasteiger partial charge in [-0.25, -0.2) is 0 Å². The van der Waals surface area contributed by atoms with E-state index in [1.807, 2.05) is 0 Å². The number of fused-ring (bicyclic) bond motifs is 2. The number of carbonyl (C=O) groups excluding carboxylic acids is 1. The van der Waals surface area contributed by atoms with Gasteiger partial charge in [0, 0.05) is 19.0 Å². The molecule has 0 aromatic carbocycles. The maximum atomic E-state index is 12.3. The standard InChI is InChI=1S/C13H21NO/c15-13(14-6-2-1-3-7-14)12-9-10-4-5-11(12)8-10/h10-12H,1-9H2/t10-,11+,12-/m0/s1. The van der Waals surface area contributed by atoms with E-state index in [2.05, 4.69) is 4.90 Å². The molecule has 1 amide bonds. The molecule has 1 aliphatic heterocycles. The number of piperidine rings is 1. The third kappa shape index (κ3) is 1.68. The smallest absolute Gasteiger partial charge is 0.225 e. The van der Waals surface area contributed by atoms with E-state index in [-0.39, 0.29) is 0 Å². The highest BCUT2D eigenvalue weighted by atomic mass is 16.2. The Morgan fingerprint density at radius 2 is 1.80 bits per heavy atom. The Hall–Kier alpha value is -0.530. The van der Waals surface area contributed by atoms with E-state index in [0.717, 1.165) is 24.9 Å². The monoisotopic (exact) mass is 207 g/mol. The van der Waals surface area contributed by atoms with Gasteiger partial charge in [-0.15, -0.1) is 0 Å². The summed E-state index contributed by atoms with van der Waals surface area (Å²) in [5, 5.41) is 0. The van der Waals surface area contributed by atoms with E-state index in [0.29, 0.717) is 11.8 Å². The van der Waals surface area contributed by atoms with Crippen LogP contribution in [0, 0.1) is 17.8 Å². The first-order valence-electron chi connectivity index (χ1n) is 6.63. The summed E-state index contributed by atoms with van der Waals surface area (Å²) in [6.07, 6.45) is 9.06. The number of rotatable bonds is 1. The van der Waals surface area contributed by atoms with E-state index in [9.17, 15) is 4.79 Å². The van der Waals surface area contributed by atoms with Gasteiger partial charge in [-0.05, 0) is 50.4 Å². The second-order valence-electron chi connectivity index (χ2n) is 5.67. The molecule has 0 N–H and O–H groups in total. The van der Waals surface area contributed by atoms with Crippen molar-refractivity contribution < 1.29 is 4.79 Å². The van der Waals surface area contributed by atoms with Crippen molar-refractivity contribution in [3.05, 3.63) is 0 Å². The summed E-state index contributed by atoms with van der Waals surface area (Å²) in [6.45, 7) is 2.07. The molecule has 0 aromatic rings. The largest absolute Gasteiger partial charge is 0.342 e. The summed E-state index contributed by atoms with van der Waals surface area (Å²) in [5.74, 6) is 2.57. The van der Waals surface area contributed by atoms with Gasteiger partial charge in [0.05, 0.1) is 0 Å². The zero-order valence-electron chi connectivity index (χ0n) is 9.45. The SMILES string of the molecule is O=C([C@H]1C[C@H]2CC[C@@H]1C2)N1CCCCC1. The summed E-state index contributed by atoms with van der Waals surface area (Å²) < 4.78 is 0. The number of likely N-dealkylation sites (tertiary alicyclic amines) is 1. The predicted molar refractivity (Wildman–Crippen MR) is 59.4 cm³/mol. The highest BCUT2D eigenvalue weighted by Gasteiger charge is 2.44. The minimum atomic E-state index is 0.418. The van der Waals surface area contributed by atoms with Crippen LogP contribution in [-0.2, 0) is 4.79 Å². The Morgan fingerprint density at radius 1 is 1.00 bits per heavy atom.